The van der Waals surface area contributed by atoms with Crippen molar-refractivity contribution in [2.75, 3.05) is 5.75 Å². The highest BCUT2D eigenvalue weighted by atomic mass is 32.2. The predicted molar refractivity (Wildman–Crippen MR) is 168 cm³/mol. The highest BCUT2D eigenvalue weighted by Crippen LogP contribution is 2.35. The first-order chi connectivity index (χ1) is 21.9. The fraction of sp³-hybridized carbons (Fsp3) is 0.129. The number of non-ortho nitro benzene ring substituents is 1. The normalized spacial score (nSPS) is 14.3. The van der Waals surface area contributed by atoms with Crippen molar-refractivity contribution in [3.63, 3.8) is 0 Å². The molecule has 0 saturated carbocycles. The highest BCUT2D eigenvalue weighted by molar-refractivity contribution is 7.99. The maximum absolute atomic E-state index is 13.7. The SMILES string of the molecule is O=C(NCc1nnc(SCC(=O)N2N=C(c3cccs3)C[C@@H]2c2ccc(F)cc2)n1-c1ccccc1)c1ccc([N+](=O)[O-])cc1. The first kappa shape index (κ1) is 29.8. The van der Waals surface area contributed by atoms with Gasteiger partial charge in [0, 0.05) is 29.8 Å². The van der Waals surface area contributed by atoms with Crippen LogP contribution in [0.25, 0.3) is 5.69 Å². The number of rotatable bonds is 10. The van der Waals surface area contributed by atoms with Crippen LogP contribution in [0.4, 0.5) is 10.1 Å². The van der Waals surface area contributed by atoms with E-state index < -0.39 is 10.8 Å². The molecule has 0 unspecified atom stereocenters. The topological polar surface area (TPSA) is 136 Å². The van der Waals surface area contributed by atoms with E-state index in [1.54, 1.807) is 28.0 Å². The molecule has 0 fully saturated rings. The molecule has 0 bridgehead atoms. The number of nitrogens with zero attached hydrogens (tertiary/aromatic N) is 6. The zero-order valence-corrected chi connectivity index (χ0v) is 25.1. The minimum absolute atomic E-state index is 0.000956. The van der Waals surface area contributed by atoms with Crippen LogP contribution < -0.4 is 5.32 Å². The van der Waals surface area contributed by atoms with Crippen molar-refractivity contribution in [2.24, 2.45) is 5.10 Å². The van der Waals surface area contributed by atoms with E-state index in [0.29, 0.717) is 17.4 Å². The number of para-hydroxylation sites is 1. The molecule has 45 heavy (non-hydrogen) atoms. The van der Waals surface area contributed by atoms with E-state index in [2.05, 4.69) is 20.6 Å². The summed E-state index contributed by atoms with van der Waals surface area (Å²) < 4.78 is 15.4. The van der Waals surface area contributed by atoms with E-state index in [1.165, 1.54) is 53.2 Å². The Morgan fingerprint density at radius 1 is 1.00 bits per heavy atom. The van der Waals surface area contributed by atoms with Crippen LogP contribution in [-0.4, -0.2) is 48.0 Å². The van der Waals surface area contributed by atoms with Gasteiger partial charge in [-0.25, -0.2) is 9.40 Å². The van der Waals surface area contributed by atoms with Gasteiger partial charge in [-0.2, -0.15) is 5.10 Å². The Hall–Kier alpha value is -5.21. The monoisotopic (exact) mass is 641 g/mol. The number of benzene rings is 3. The lowest BCUT2D eigenvalue weighted by molar-refractivity contribution is -0.384. The molecule has 3 heterocycles. The average molecular weight is 642 g/mol. The lowest BCUT2D eigenvalue weighted by atomic mass is 10.0. The zero-order valence-electron chi connectivity index (χ0n) is 23.4. The minimum Gasteiger partial charge on any atom is -0.345 e. The summed E-state index contributed by atoms with van der Waals surface area (Å²) in [5.74, 6) is -0.619. The minimum atomic E-state index is -0.532. The van der Waals surface area contributed by atoms with Gasteiger partial charge < -0.3 is 5.32 Å². The molecule has 14 heteroatoms. The number of thiophene rings is 1. The largest absolute Gasteiger partial charge is 0.345 e. The van der Waals surface area contributed by atoms with Crippen molar-refractivity contribution in [1.82, 2.24) is 25.1 Å². The second-order valence-electron chi connectivity index (χ2n) is 9.88. The summed E-state index contributed by atoms with van der Waals surface area (Å²) in [6.45, 7) is 0.0133. The molecular formula is C31H24FN7O4S2. The molecule has 226 valence electrons. The van der Waals surface area contributed by atoms with Crippen LogP contribution in [0.1, 0.15) is 39.1 Å². The van der Waals surface area contributed by atoms with Gasteiger partial charge in [0.25, 0.3) is 17.5 Å². The van der Waals surface area contributed by atoms with Gasteiger partial charge in [0.2, 0.25) is 0 Å². The van der Waals surface area contributed by atoms with Gasteiger partial charge in [-0.1, -0.05) is 48.2 Å². The average Bonchev–Trinajstić information content (AvgIpc) is 3.84. The molecule has 1 aliphatic rings. The van der Waals surface area contributed by atoms with Crippen molar-refractivity contribution in [1.29, 1.82) is 0 Å². The summed E-state index contributed by atoms with van der Waals surface area (Å²) >= 11 is 2.73. The van der Waals surface area contributed by atoms with E-state index >= 15 is 0 Å². The number of hydrogen-bond donors (Lipinski definition) is 1. The summed E-state index contributed by atoms with van der Waals surface area (Å²) in [6.07, 6.45) is 0.501. The Morgan fingerprint density at radius 2 is 1.76 bits per heavy atom. The number of aromatic nitrogens is 3. The molecule has 0 aliphatic carbocycles. The third-order valence-electron chi connectivity index (χ3n) is 7.01. The first-order valence-electron chi connectivity index (χ1n) is 13.7. The maximum Gasteiger partial charge on any atom is 0.269 e. The second-order valence-corrected chi connectivity index (χ2v) is 11.8. The van der Waals surface area contributed by atoms with Crippen LogP contribution in [0.5, 0.6) is 0 Å². The van der Waals surface area contributed by atoms with Crippen molar-refractivity contribution in [3.05, 3.63) is 134 Å². The van der Waals surface area contributed by atoms with E-state index in [4.69, 9.17) is 0 Å². The van der Waals surface area contributed by atoms with Gasteiger partial charge >= 0.3 is 0 Å². The number of carbonyl (C=O) groups is 2. The molecule has 3 aromatic carbocycles. The standard InChI is InChI=1S/C31H24FN7O4S2/c32-22-12-8-20(9-13-22)26-17-25(27-7-4-16-44-27)36-38(26)29(40)19-45-31-35-34-28(37(31)23-5-2-1-3-6-23)18-33-30(41)21-10-14-24(15-11-21)39(42)43/h1-16,26H,17-19H2,(H,33,41)/t26-/m1/s1. The number of nitro groups is 1. The number of nitro benzene ring substituents is 1. The van der Waals surface area contributed by atoms with Crippen LogP contribution >= 0.6 is 23.1 Å². The molecule has 2 amide bonds. The maximum atomic E-state index is 13.7. The molecule has 11 nitrogen and oxygen atoms in total. The molecule has 1 N–H and O–H groups in total. The Labute approximate surface area is 264 Å². The predicted octanol–water partition coefficient (Wildman–Crippen LogP) is 5.78. The van der Waals surface area contributed by atoms with Crippen molar-refractivity contribution >= 4 is 46.3 Å². The number of carbonyl (C=O) groups excluding carboxylic acids is 2. The van der Waals surface area contributed by atoms with Crippen LogP contribution in [0.3, 0.4) is 0 Å². The van der Waals surface area contributed by atoms with Crippen molar-refractivity contribution in [2.45, 2.75) is 24.2 Å². The van der Waals surface area contributed by atoms with Crippen molar-refractivity contribution in [3.8, 4) is 5.69 Å². The molecule has 0 spiro atoms. The summed E-state index contributed by atoms with van der Waals surface area (Å²) in [5.41, 5.74) is 2.45. The number of halogens is 1. The quantitative estimate of drug-likeness (QED) is 0.116. The zero-order chi connectivity index (χ0) is 31.3. The Kier molecular flexibility index (Phi) is 8.75. The molecule has 6 rings (SSSR count). The fourth-order valence-corrected chi connectivity index (χ4v) is 6.35. The van der Waals surface area contributed by atoms with Gasteiger partial charge in [-0.15, -0.1) is 21.5 Å². The van der Waals surface area contributed by atoms with Crippen LogP contribution in [-0.2, 0) is 11.3 Å². The van der Waals surface area contributed by atoms with E-state index in [1.807, 2.05) is 47.8 Å². The number of thioether (sulfide) groups is 1. The van der Waals surface area contributed by atoms with Crippen LogP contribution in [0.15, 0.2) is 107 Å². The van der Waals surface area contributed by atoms with E-state index in [9.17, 15) is 24.1 Å². The summed E-state index contributed by atoms with van der Waals surface area (Å²) in [6, 6.07) is 24.2. The lowest BCUT2D eigenvalue weighted by Crippen LogP contribution is -2.28. The third kappa shape index (κ3) is 6.66. The fourth-order valence-electron chi connectivity index (χ4n) is 4.81. The third-order valence-corrected chi connectivity index (χ3v) is 8.85. The molecule has 0 saturated heterocycles. The van der Waals surface area contributed by atoms with Crippen LogP contribution in [0, 0.1) is 15.9 Å². The summed E-state index contributed by atoms with van der Waals surface area (Å²) in [4.78, 5) is 37.8. The van der Waals surface area contributed by atoms with Gasteiger partial charge in [-0.3, -0.25) is 24.3 Å². The van der Waals surface area contributed by atoms with E-state index in [-0.39, 0.29) is 41.3 Å². The molecule has 1 aliphatic heterocycles. The number of hydrazone groups is 1. The van der Waals surface area contributed by atoms with Gasteiger partial charge in [-0.05, 0) is 53.4 Å². The second kappa shape index (κ2) is 13.2. The summed E-state index contributed by atoms with van der Waals surface area (Å²) in [7, 11) is 0. The molecule has 5 aromatic rings. The number of nitrogens with one attached hydrogen (secondary N) is 1. The highest BCUT2D eigenvalue weighted by Gasteiger charge is 2.33. The number of amides is 2. The molecule has 1 atom stereocenters. The molecule has 2 aromatic heterocycles. The van der Waals surface area contributed by atoms with Gasteiger partial charge in [0.1, 0.15) is 5.82 Å². The smallest absolute Gasteiger partial charge is 0.269 e. The number of hydrogen-bond acceptors (Lipinski definition) is 9. The van der Waals surface area contributed by atoms with Gasteiger partial charge in [0.15, 0.2) is 11.0 Å². The van der Waals surface area contributed by atoms with E-state index in [0.717, 1.165) is 21.8 Å². The Morgan fingerprint density at radius 3 is 2.44 bits per heavy atom. The van der Waals surface area contributed by atoms with Gasteiger partial charge in [0.05, 0.1) is 33.9 Å². The Bertz CT molecular complexity index is 1860. The lowest BCUT2D eigenvalue weighted by Gasteiger charge is -2.22. The summed E-state index contributed by atoms with van der Waals surface area (Å²) in [5, 5.41) is 30.9. The van der Waals surface area contributed by atoms with Crippen LogP contribution in [0.2, 0.25) is 0 Å². The van der Waals surface area contributed by atoms with Crippen molar-refractivity contribution < 1.29 is 18.9 Å². The molecule has 0 radical (unpaired) electrons. The Balaban J connectivity index is 1.20. The molecular weight excluding hydrogens is 618 g/mol. The first-order valence-corrected chi connectivity index (χ1v) is 15.6.